The summed E-state index contributed by atoms with van der Waals surface area (Å²) in [5.41, 5.74) is 2.70. The minimum absolute atomic E-state index is 0. The normalized spacial score (nSPS) is 13.8. The lowest BCUT2D eigenvalue weighted by Crippen LogP contribution is -2.35. The molecule has 0 aromatic heterocycles. The van der Waals surface area contributed by atoms with Crippen LogP contribution in [-0.4, -0.2) is 39.6 Å². The van der Waals surface area contributed by atoms with Crippen LogP contribution in [0.15, 0.2) is 110 Å². The van der Waals surface area contributed by atoms with Gasteiger partial charge >= 0.3 is 0 Å². The van der Waals surface area contributed by atoms with Gasteiger partial charge in [0.1, 0.15) is 0 Å². The van der Waals surface area contributed by atoms with E-state index in [0.717, 1.165) is 33.1 Å². The molecule has 4 aromatic carbocycles. The number of nitrogens with zero attached hydrogens (tertiary/aromatic N) is 4. The molecule has 2 aliphatic heterocycles. The standard InChI is InChI=1S/C29H28N4.4BrH/c1-3-7-28-17-24(9-11-26(28)5-1)19-30-13-15-32(21-30)23-33-16-14-31(22-33)20-25-10-12-27-6-2-4-8-29(27)18-25;;;;/h1-18H,19-23H2;4*1H. The van der Waals surface area contributed by atoms with E-state index in [9.17, 15) is 0 Å². The highest BCUT2D eigenvalue weighted by Crippen LogP contribution is 2.21. The fourth-order valence-electron chi connectivity index (χ4n) is 4.80. The van der Waals surface area contributed by atoms with Crippen LogP contribution in [0.4, 0.5) is 0 Å². The van der Waals surface area contributed by atoms with Crippen molar-refractivity contribution < 1.29 is 0 Å². The van der Waals surface area contributed by atoms with Gasteiger partial charge < -0.3 is 19.6 Å². The lowest BCUT2D eigenvalue weighted by Gasteiger charge is -2.27. The van der Waals surface area contributed by atoms with E-state index in [1.807, 2.05) is 0 Å². The van der Waals surface area contributed by atoms with Crippen molar-refractivity contribution in [1.82, 2.24) is 19.6 Å². The molecular weight excluding hydrogens is 724 g/mol. The van der Waals surface area contributed by atoms with Crippen LogP contribution in [0.5, 0.6) is 0 Å². The van der Waals surface area contributed by atoms with Gasteiger partial charge in [-0.15, -0.1) is 67.9 Å². The van der Waals surface area contributed by atoms with E-state index in [1.165, 1.54) is 32.7 Å². The van der Waals surface area contributed by atoms with Crippen molar-refractivity contribution >= 4 is 89.5 Å². The maximum Gasteiger partial charge on any atom is 0.0927 e. The molecule has 0 aliphatic carbocycles. The van der Waals surface area contributed by atoms with E-state index in [2.05, 4.69) is 129 Å². The summed E-state index contributed by atoms with van der Waals surface area (Å²) in [5, 5.41) is 5.22. The highest BCUT2D eigenvalue weighted by atomic mass is 79.9. The highest BCUT2D eigenvalue weighted by molar-refractivity contribution is 8.93. The lowest BCUT2D eigenvalue weighted by molar-refractivity contribution is 0.159. The zero-order valence-electron chi connectivity index (χ0n) is 20.3. The van der Waals surface area contributed by atoms with Gasteiger partial charge in [0.25, 0.3) is 0 Å². The van der Waals surface area contributed by atoms with Gasteiger partial charge in [0.15, 0.2) is 0 Å². The third kappa shape index (κ3) is 7.53. The maximum absolute atomic E-state index is 2.37. The molecule has 2 heterocycles. The topological polar surface area (TPSA) is 13.0 Å². The number of hydrogen-bond acceptors (Lipinski definition) is 4. The average Bonchev–Trinajstić information content (AvgIpc) is 3.48. The van der Waals surface area contributed by atoms with Gasteiger partial charge in [-0.3, -0.25) is 0 Å². The molecule has 2 aliphatic rings. The Hall–Kier alpha value is -2.00. The maximum atomic E-state index is 2.37. The number of fused-ring (bicyclic) bond motifs is 2. The molecule has 37 heavy (non-hydrogen) atoms. The van der Waals surface area contributed by atoms with Crippen LogP contribution in [0.3, 0.4) is 0 Å². The molecule has 8 heteroatoms. The van der Waals surface area contributed by atoms with Gasteiger partial charge in [-0.25, -0.2) is 0 Å². The Balaban J connectivity index is 0.00000120. The first-order valence-electron chi connectivity index (χ1n) is 11.6. The molecule has 0 amide bonds. The molecular formula is C29H32Br4N4. The molecule has 4 nitrogen and oxygen atoms in total. The Morgan fingerprint density at radius 2 is 0.811 bits per heavy atom. The van der Waals surface area contributed by atoms with Crippen molar-refractivity contribution in [2.24, 2.45) is 0 Å². The quantitative estimate of drug-likeness (QED) is 0.198. The molecule has 0 radical (unpaired) electrons. The van der Waals surface area contributed by atoms with Crippen LogP contribution >= 0.6 is 67.9 Å². The smallest absolute Gasteiger partial charge is 0.0927 e. The number of hydrogen-bond donors (Lipinski definition) is 0. The first-order valence-corrected chi connectivity index (χ1v) is 11.6. The number of halogens is 4. The van der Waals surface area contributed by atoms with Crippen LogP contribution in [0, 0.1) is 0 Å². The van der Waals surface area contributed by atoms with Crippen molar-refractivity contribution in [3.63, 3.8) is 0 Å². The van der Waals surface area contributed by atoms with E-state index in [1.54, 1.807) is 0 Å². The summed E-state index contributed by atoms with van der Waals surface area (Å²) in [5.74, 6) is 0. The second-order valence-corrected chi connectivity index (χ2v) is 9.05. The van der Waals surface area contributed by atoms with Gasteiger partial charge in [0.2, 0.25) is 0 Å². The van der Waals surface area contributed by atoms with Crippen molar-refractivity contribution in [2.45, 2.75) is 13.1 Å². The van der Waals surface area contributed by atoms with E-state index in [-0.39, 0.29) is 67.9 Å². The third-order valence-electron chi connectivity index (χ3n) is 6.47. The predicted octanol–water partition coefficient (Wildman–Crippen LogP) is 8.05. The van der Waals surface area contributed by atoms with Crippen LogP contribution < -0.4 is 0 Å². The fraction of sp³-hybridized carbons (Fsp3) is 0.172. The molecule has 0 N–H and O–H groups in total. The molecule has 0 bridgehead atoms. The summed E-state index contributed by atoms with van der Waals surface area (Å²) in [6.45, 7) is 4.60. The van der Waals surface area contributed by atoms with Gasteiger partial charge in [-0.2, -0.15) is 0 Å². The molecule has 0 saturated carbocycles. The van der Waals surface area contributed by atoms with Crippen molar-refractivity contribution in [3.8, 4) is 0 Å². The number of rotatable bonds is 6. The Morgan fingerprint density at radius 3 is 1.24 bits per heavy atom. The van der Waals surface area contributed by atoms with E-state index in [4.69, 9.17) is 0 Å². The molecule has 196 valence electrons. The predicted molar refractivity (Wildman–Crippen MR) is 177 cm³/mol. The third-order valence-corrected chi connectivity index (χ3v) is 6.47. The zero-order valence-corrected chi connectivity index (χ0v) is 27.2. The Kier molecular flexibility index (Phi) is 12.0. The minimum Gasteiger partial charge on any atom is -0.354 e. The second kappa shape index (κ2) is 14.2. The first kappa shape index (κ1) is 31.2. The van der Waals surface area contributed by atoms with E-state index in [0.29, 0.717) is 0 Å². The lowest BCUT2D eigenvalue weighted by atomic mass is 10.1. The monoisotopic (exact) mass is 752 g/mol. The van der Waals surface area contributed by atoms with Gasteiger partial charge in [0.05, 0.1) is 20.0 Å². The van der Waals surface area contributed by atoms with Crippen LogP contribution in [0.2, 0.25) is 0 Å². The minimum atomic E-state index is 0. The summed E-state index contributed by atoms with van der Waals surface area (Å²) in [6, 6.07) is 30.7. The summed E-state index contributed by atoms with van der Waals surface area (Å²) in [7, 11) is 0. The Bertz CT molecular complexity index is 1260. The summed E-state index contributed by atoms with van der Waals surface area (Å²) >= 11 is 0. The van der Waals surface area contributed by atoms with Crippen LogP contribution in [0.25, 0.3) is 21.5 Å². The van der Waals surface area contributed by atoms with E-state index >= 15 is 0 Å². The largest absolute Gasteiger partial charge is 0.354 e. The van der Waals surface area contributed by atoms with Crippen molar-refractivity contribution in [1.29, 1.82) is 0 Å². The first-order chi connectivity index (χ1) is 16.3. The molecule has 0 spiro atoms. The molecule has 0 unspecified atom stereocenters. The Labute approximate surface area is 261 Å². The average molecular weight is 756 g/mol. The summed E-state index contributed by atoms with van der Waals surface area (Å²) in [6.07, 6.45) is 8.84. The van der Waals surface area contributed by atoms with Crippen LogP contribution in [-0.2, 0) is 13.1 Å². The van der Waals surface area contributed by atoms with Crippen LogP contribution in [0.1, 0.15) is 11.1 Å². The Morgan fingerprint density at radius 1 is 0.432 bits per heavy atom. The number of benzene rings is 4. The van der Waals surface area contributed by atoms with Crippen molar-refractivity contribution in [2.75, 3.05) is 20.0 Å². The van der Waals surface area contributed by atoms with Crippen molar-refractivity contribution in [3.05, 3.63) is 121 Å². The summed E-state index contributed by atoms with van der Waals surface area (Å²) in [4.78, 5) is 9.48. The molecule has 6 rings (SSSR count). The SMILES string of the molecule is Br.Br.Br.Br.C1=CN(CN2C=CN(Cc3ccc4ccccc4c3)C2)CN1Cc1ccc2ccccc2c1. The van der Waals surface area contributed by atoms with Gasteiger partial charge in [-0.05, 0) is 44.8 Å². The fourth-order valence-corrected chi connectivity index (χ4v) is 4.80. The molecule has 4 aromatic rings. The van der Waals surface area contributed by atoms with E-state index < -0.39 is 0 Å². The van der Waals surface area contributed by atoms with Gasteiger partial charge in [0, 0.05) is 37.9 Å². The molecule has 0 fully saturated rings. The molecule has 0 saturated heterocycles. The molecule has 0 atom stereocenters. The van der Waals surface area contributed by atoms with Gasteiger partial charge in [-0.1, -0.05) is 72.8 Å². The second-order valence-electron chi connectivity index (χ2n) is 9.05. The zero-order chi connectivity index (χ0) is 22.0. The highest BCUT2D eigenvalue weighted by Gasteiger charge is 2.18. The summed E-state index contributed by atoms with van der Waals surface area (Å²) < 4.78 is 0.